The summed E-state index contributed by atoms with van der Waals surface area (Å²) in [6.07, 6.45) is 3.22. The number of hydrogen-bond donors (Lipinski definition) is 2. The summed E-state index contributed by atoms with van der Waals surface area (Å²) in [5.41, 5.74) is 0.782. The molecule has 2 nitrogen and oxygen atoms in total. The Morgan fingerprint density at radius 2 is 1.67 bits per heavy atom. The van der Waals surface area contributed by atoms with Crippen molar-refractivity contribution < 1.29 is 5.11 Å². The first-order valence-electron chi connectivity index (χ1n) is 4.76. The molecule has 0 aromatic carbocycles. The highest BCUT2D eigenvalue weighted by Gasteiger charge is 2.02. The Labute approximate surface area is 75.5 Å². The number of aliphatic hydroxyl groups is 1. The van der Waals surface area contributed by atoms with E-state index in [4.69, 9.17) is 10.5 Å². The van der Waals surface area contributed by atoms with Crippen molar-refractivity contribution in [3.63, 3.8) is 0 Å². The van der Waals surface area contributed by atoms with Crippen molar-refractivity contribution in [2.45, 2.75) is 52.6 Å². The SMILES string of the molecule is CC(C)CCC(=N)CCC(C)O. The summed E-state index contributed by atoms with van der Waals surface area (Å²) in [6.45, 7) is 6.11. The third-order valence-electron chi connectivity index (χ3n) is 1.89. The van der Waals surface area contributed by atoms with Gasteiger partial charge in [-0.15, -0.1) is 0 Å². The molecule has 0 amide bonds. The highest BCUT2D eigenvalue weighted by molar-refractivity contribution is 5.81. The maximum Gasteiger partial charge on any atom is 0.0515 e. The number of rotatable bonds is 6. The molecule has 0 bridgehead atoms. The van der Waals surface area contributed by atoms with Crippen LogP contribution in [0, 0.1) is 11.3 Å². The van der Waals surface area contributed by atoms with E-state index in [1.807, 2.05) is 0 Å². The van der Waals surface area contributed by atoms with Gasteiger partial charge in [0.2, 0.25) is 0 Å². The van der Waals surface area contributed by atoms with Crippen LogP contribution in [0.4, 0.5) is 0 Å². The van der Waals surface area contributed by atoms with Crippen molar-refractivity contribution in [1.29, 1.82) is 5.41 Å². The maximum atomic E-state index is 8.98. The average Bonchev–Trinajstić information content (AvgIpc) is 1.96. The van der Waals surface area contributed by atoms with Crippen LogP contribution in [0.3, 0.4) is 0 Å². The molecule has 0 aromatic rings. The predicted molar refractivity (Wildman–Crippen MR) is 52.7 cm³/mol. The monoisotopic (exact) mass is 171 g/mol. The van der Waals surface area contributed by atoms with E-state index < -0.39 is 0 Å². The van der Waals surface area contributed by atoms with Crippen LogP contribution in [-0.4, -0.2) is 16.9 Å². The van der Waals surface area contributed by atoms with Crippen LogP contribution in [0.1, 0.15) is 46.5 Å². The van der Waals surface area contributed by atoms with Crippen molar-refractivity contribution in [2.24, 2.45) is 5.92 Å². The molecule has 0 fully saturated rings. The summed E-state index contributed by atoms with van der Waals surface area (Å²) in [4.78, 5) is 0. The second-order valence-corrected chi connectivity index (χ2v) is 3.92. The lowest BCUT2D eigenvalue weighted by Crippen LogP contribution is -2.05. The van der Waals surface area contributed by atoms with E-state index in [-0.39, 0.29) is 6.10 Å². The Morgan fingerprint density at radius 3 is 2.08 bits per heavy atom. The van der Waals surface area contributed by atoms with Gasteiger partial charge in [-0.3, -0.25) is 0 Å². The minimum atomic E-state index is -0.260. The maximum absolute atomic E-state index is 8.98. The molecular weight excluding hydrogens is 150 g/mol. The van der Waals surface area contributed by atoms with Gasteiger partial charge in [-0.25, -0.2) is 0 Å². The van der Waals surface area contributed by atoms with Gasteiger partial charge in [-0.2, -0.15) is 0 Å². The van der Waals surface area contributed by atoms with Gasteiger partial charge in [0, 0.05) is 5.71 Å². The fourth-order valence-corrected chi connectivity index (χ4v) is 0.971. The fraction of sp³-hybridized carbons (Fsp3) is 0.900. The van der Waals surface area contributed by atoms with Crippen molar-refractivity contribution in [3.8, 4) is 0 Å². The van der Waals surface area contributed by atoms with Crippen LogP contribution in [0.25, 0.3) is 0 Å². The van der Waals surface area contributed by atoms with Crippen LogP contribution in [0.5, 0.6) is 0 Å². The molecule has 0 aliphatic rings. The molecule has 0 heterocycles. The molecule has 0 spiro atoms. The van der Waals surface area contributed by atoms with Crippen LogP contribution in [0.15, 0.2) is 0 Å². The molecule has 0 saturated carbocycles. The van der Waals surface area contributed by atoms with Gasteiger partial charge in [0.25, 0.3) is 0 Å². The Morgan fingerprint density at radius 1 is 1.17 bits per heavy atom. The molecule has 0 radical (unpaired) electrons. The van der Waals surface area contributed by atoms with E-state index in [9.17, 15) is 0 Å². The van der Waals surface area contributed by atoms with Crippen molar-refractivity contribution in [1.82, 2.24) is 0 Å². The summed E-state index contributed by atoms with van der Waals surface area (Å²) in [7, 11) is 0. The van der Waals surface area contributed by atoms with Gasteiger partial charge >= 0.3 is 0 Å². The van der Waals surface area contributed by atoms with Gasteiger partial charge in [-0.1, -0.05) is 13.8 Å². The number of nitrogens with one attached hydrogen (secondary N) is 1. The minimum absolute atomic E-state index is 0.260. The van der Waals surface area contributed by atoms with Crippen molar-refractivity contribution in [3.05, 3.63) is 0 Å². The first kappa shape index (κ1) is 11.6. The van der Waals surface area contributed by atoms with Crippen molar-refractivity contribution in [2.75, 3.05) is 0 Å². The Kier molecular flexibility index (Phi) is 5.99. The lowest BCUT2D eigenvalue weighted by atomic mass is 10.0. The van der Waals surface area contributed by atoms with Gasteiger partial charge in [0.15, 0.2) is 0 Å². The number of hydrogen-bond acceptors (Lipinski definition) is 2. The quantitative estimate of drug-likeness (QED) is 0.593. The molecule has 2 heteroatoms. The largest absolute Gasteiger partial charge is 0.393 e. The van der Waals surface area contributed by atoms with Crippen LogP contribution >= 0.6 is 0 Å². The highest BCUT2D eigenvalue weighted by Crippen LogP contribution is 2.07. The minimum Gasteiger partial charge on any atom is -0.393 e. The number of aliphatic hydroxyl groups excluding tert-OH is 1. The predicted octanol–water partition coefficient (Wildman–Crippen LogP) is 2.60. The van der Waals surface area contributed by atoms with Gasteiger partial charge in [0.1, 0.15) is 0 Å². The molecule has 0 rings (SSSR count). The summed E-state index contributed by atoms with van der Waals surface area (Å²) < 4.78 is 0. The Hall–Kier alpha value is -0.370. The molecule has 0 aliphatic carbocycles. The highest BCUT2D eigenvalue weighted by atomic mass is 16.3. The first-order valence-corrected chi connectivity index (χ1v) is 4.76. The van der Waals surface area contributed by atoms with E-state index in [2.05, 4.69) is 13.8 Å². The second kappa shape index (κ2) is 6.18. The molecule has 1 unspecified atom stereocenters. The third kappa shape index (κ3) is 7.73. The molecule has 1 atom stereocenters. The zero-order valence-electron chi connectivity index (χ0n) is 8.43. The Bertz CT molecular complexity index is 116. The summed E-state index contributed by atoms with van der Waals surface area (Å²) in [5, 5.41) is 16.5. The molecule has 72 valence electrons. The molecule has 12 heavy (non-hydrogen) atoms. The Balaban J connectivity index is 3.34. The van der Waals surface area contributed by atoms with Crippen LogP contribution < -0.4 is 0 Å². The summed E-state index contributed by atoms with van der Waals surface area (Å²) in [6, 6.07) is 0. The van der Waals surface area contributed by atoms with E-state index in [1.165, 1.54) is 0 Å². The third-order valence-corrected chi connectivity index (χ3v) is 1.89. The smallest absolute Gasteiger partial charge is 0.0515 e. The average molecular weight is 171 g/mol. The standard InChI is InChI=1S/C10H21NO/c1-8(2)4-6-10(11)7-5-9(3)12/h8-9,11-12H,4-7H2,1-3H3. The first-order chi connectivity index (χ1) is 5.52. The van der Waals surface area contributed by atoms with Crippen LogP contribution in [0.2, 0.25) is 0 Å². The van der Waals surface area contributed by atoms with E-state index in [0.717, 1.165) is 31.4 Å². The zero-order valence-corrected chi connectivity index (χ0v) is 8.43. The summed E-state index contributed by atoms with van der Waals surface area (Å²) >= 11 is 0. The molecule has 0 aliphatic heterocycles. The topological polar surface area (TPSA) is 44.1 Å². The summed E-state index contributed by atoms with van der Waals surface area (Å²) in [5.74, 6) is 0.678. The molecular formula is C10H21NO. The van der Waals surface area contributed by atoms with E-state index in [0.29, 0.717) is 5.92 Å². The molecule has 0 saturated heterocycles. The molecule has 0 aromatic heterocycles. The lowest BCUT2D eigenvalue weighted by molar-refractivity contribution is 0.187. The van der Waals surface area contributed by atoms with E-state index >= 15 is 0 Å². The second-order valence-electron chi connectivity index (χ2n) is 3.92. The fourth-order valence-electron chi connectivity index (χ4n) is 0.971. The lowest BCUT2D eigenvalue weighted by Gasteiger charge is -2.07. The van der Waals surface area contributed by atoms with Gasteiger partial charge in [0.05, 0.1) is 6.10 Å². The van der Waals surface area contributed by atoms with Gasteiger partial charge in [-0.05, 0) is 38.5 Å². The van der Waals surface area contributed by atoms with Crippen LogP contribution in [-0.2, 0) is 0 Å². The van der Waals surface area contributed by atoms with Gasteiger partial charge < -0.3 is 10.5 Å². The van der Waals surface area contributed by atoms with E-state index in [1.54, 1.807) is 6.92 Å². The normalized spacial score (nSPS) is 13.4. The van der Waals surface area contributed by atoms with Crippen molar-refractivity contribution >= 4 is 5.71 Å². The molecule has 2 N–H and O–H groups in total. The zero-order chi connectivity index (χ0) is 9.56.